The lowest BCUT2D eigenvalue weighted by molar-refractivity contribution is 0.195. The molecule has 0 N–H and O–H groups in total. The molecule has 0 aromatic heterocycles. The maximum absolute atomic E-state index is 2.81. The van der Waals surface area contributed by atoms with Crippen LogP contribution in [0.5, 0.6) is 0 Å². The summed E-state index contributed by atoms with van der Waals surface area (Å²) in [7, 11) is 0. The van der Waals surface area contributed by atoms with Crippen LogP contribution in [0.25, 0.3) is 0 Å². The van der Waals surface area contributed by atoms with E-state index in [0.29, 0.717) is 0 Å². The van der Waals surface area contributed by atoms with Gasteiger partial charge in [-0.05, 0) is 164 Å². The minimum absolute atomic E-state index is 0.00959. The monoisotopic (exact) mass is 946 g/mol. The third-order valence-electron chi connectivity index (χ3n) is 18.7. The van der Waals surface area contributed by atoms with E-state index in [0.717, 1.165) is 6.42 Å². The molecule has 72 heavy (non-hydrogen) atoms. The Morgan fingerprint density at radius 3 is 1.53 bits per heavy atom. The predicted octanol–water partition coefficient (Wildman–Crippen LogP) is 16.4. The second kappa shape index (κ2) is 15.3. The maximum atomic E-state index is 2.81. The molecule has 0 spiro atoms. The van der Waals surface area contributed by atoms with Crippen LogP contribution in [0.2, 0.25) is 0 Å². The molecule has 3 atom stereocenters. The van der Waals surface area contributed by atoms with Crippen molar-refractivity contribution >= 4 is 68.6 Å². The normalized spacial score (nSPS) is 21.9. The molecule has 7 aromatic rings. The van der Waals surface area contributed by atoms with Crippen LogP contribution in [0.15, 0.2) is 140 Å². The van der Waals surface area contributed by atoms with Crippen LogP contribution in [-0.2, 0) is 32.5 Å². The highest BCUT2D eigenvalue weighted by Gasteiger charge is 2.59. The first-order valence-electron chi connectivity index (χ1n) is 27.2. The molecular formula is C68H76BN3. The SMILES string of the molecule is CC(C)(C)c1ccc(N2c3cc(N4c5ccccc5C5(C)CCCCC45C)cc4c3B3c5c(cccc5C(C)(c5ccccc5)c5cc(C(C)(C)C)cc2c53)N4c2cc(C(C)(C)C)cc(C(C)(C)C)c2)cc1. The largest absolute Gasteiger partial charge is 0.334 e. The third-order valence-corrected chi connectivity index (χ3v) is 18.7. The minimum atomic E-state index is -0.444. The molecule has 1 saturated carbocycles. The number of rotatable bonds is 4. The number of benzene rings is 7. The highest BCUT2D eigenvalue weighted by atomic mass is 15.3. The lowest BCUT2D eigenvalue weighted by Gasteiger charge is -2.53. The topological polar surface area (TPSA) is 9.72 Å². The minimum Gasteiger partial charge on any atom is -0.334 e. The average Bonchev–Trinajstić information content (AvgIpc) is 3.54. The highest BCUT2D eigenvalue weighted by Crippen LogP contribution is 2.62. The van der Waals surface area contributed by atoms with Crippen molar-refractivity contribution in [1.29, 1.82) is 0 Å². The van der Waals surface area contributed by atoms with Gasteiger partial charge in [-0.25, -0.2) is 0 Å². The van der Waals surface area contributed by atoms with Crippen molar-refractivity contribution in [2.24, 2.45) is 0 Å². The Morgan fingerprint density at radius 2 is 0.903 bits per heavy atom. The van der Waals surface area contributed by atoms with Gasteiger partial charge in [0.1, 0.15) is 0 Å². The van der Waals surface area contributed by atoms with Gasteiger partial charge < -0.3 is 14.7 Å². The standard InChI is InChI=1S/C68H76BN3/c1-62(2,3)43-30-32-48(33-31-43)70-56-40-47(65(10,11)12)39-53-60(56)69-59-52(68(53,15)44-24-17-16-18-25-44)27-23-29-55(59)71(49-37-45(63(4,5)6)36-46(38-49)64(7,8)9)58-42-50(41-57(70)61(58)69)72-54-28-20-19-26-51(54)66(13)34-21-22-35-67(66,72)14/h16-20,23-33,36-42H,21-22,34-35H2,1-15H3. The first-order chi connectivity index (χ1) is 33.9. The molecule has 0 saturated heterocycles. The Bertz CT molecular complexity index is 3320. The van der Waals surface area contributed by atoms with Crippen molar-refractivity contribution < 1.29 is 0 Å². The maximum Gasteiger partial charge on any atom is 0.252 e. The molecule has 3 nitrogen and oxygen atoms in total. The Balaban J connectivity index is 1.27. The Kier molecular flexibility index (Phi) is 9.98. The Morgan fingerprint density at radius 1 is 0.389 bits per heavy atom. The fourth-order valence-corrected chi connectivity index (χ4v) is 14.2. The van der Waals surface area contributed by atoms with Crippen LogP contribution in [0.3, 0.4) is 0 Å². The molecule has 4 aliphatic heterocycles. The third kappa shape index (κ3) is 6.55. The molecule has 3 unspecified atom stereocenters. The fraction of sp³-hybridized carbons (Fsp3) is 0.382. The molecule has 12 rings (SSSR count). The van der Waals surface area contributed by atoms with Gasteiger partial charge in [0.25, 0.3) is 6.71 Å². The van der Waals surface area contributed by atoms with Gasteiger partial charge in [0, 0.05) is 56.3 Å². The molecule has 1 aliphatic carbocycles. The molecule has 0 amide bonds. The lowest BCUT2D eigenvalue weighted by atomic mass is 9.28. The number of hydrogen-bond donors (Lipinski definition) is 0. The Labute approximate surface area is 432 Å². The number of anilines is 8. The van der Waals surface area contributed by atoms with Gasteiger partial charge in [-0.1, -0.05) is 188 Å². The molecule has 7 aromatic carbocycles. The second-order valence-electron chi connectivity index (χ2n) is 27.2. The second-order valence-corrected chi connectivity index (χ2v) is 27.2. The van der Waals surface area contributed by atoms with Crippen molar-refractivity contribution in [2.45, 2.75) is 168 Å². The van der Waals surface area contributed by atoms with Gasteiger partial charge in [0.05, 0.1) is 5.54 Å². The summed E-state index contributed by atoms with van der Waals surface area (Å²) in [5, 5.41) is 0. The van der Waals surface area contributed by atoms with Crippen LogP contribution in [0.1, 0.15) is 174 Å². The van der Waals surface area contributed by atoms with E-state index in [4.69, 9.17) is 0 Å². The van der Waals surface area contributed by atoms with Crippen molar-refractivity contribution in [3.63, 3.8) is 0 Å². The van der Waals surface area contributed by atoms with E-state index in [1.54, 1.807) is 0 Å². The van der Waals surface area contributed by atoms with E-state index in [9.17, 15) is 0 Å². The number of hydrogen-bond acceptors (Lipinski definition) is 3. The summed E-state index contributed by atoms with van der Waals surface area (Å²) < 4.78 is 0. The average molecular weight is 946 g/mol. The molecule has 1 fully saturated rings. The Hall–Kier alpha value is -6.00. The summed E-state index contributed by atoms with van der Waals surface area (Å²) in [6.45, 7) is 36.2. The van der Waals surface area contributed by atoms with Crippen molar-refractivity contribution in [1.82, 2.24) is 0 Å². The summed E-state index contributed by atoms with van der Waals surface area (Å²) in [5.74, 6) is 0. The van der Waals surface area contributed by atoms with Crippen LogP contribution in [-0.4, -0.2) is 12.3 Å². The van der Waals surface area contributed by atoms with Crippen molar-refractivity contribution in [2.75, 3.05) is 14.7 Å². The van der Waals surface area contributed by atoms with Gasteiger partial charge >= 0.3 is 0 Å². The van der Waals surface area contributed by atoms with E-state index >= 15 is 0 Å². The molecular weight excluding hydrogens is 870 g/mol. The van der Waals surface area contributed by atoms with E-state index < -0.39 is 5.41 Å². The first-order valence-corrected chi connectivity index (χ1v) is 27.2. The molecule has 5 aliphatic rings. The molecule has 366 valence electrons. The zero-order valence-corrected chi connectivity index (χ0v) is 46.0. The molecule has 4 heteroatoms. The fourth-order valence-electron chi connectivity index (χ4n) is 14.2. The van der Waals surface area contributed by atoms with Crippen LogP contribution in [0, 0.1) is 0 Å². The van der Waals surface area contributed by atoms with Crippen molar-refractivity contribution in [3.05, 3.63) is 184 Å². The smallest absolute Gasteiger partial charge is 0.252 e. The van der Waals surface area contributed by atoms with E-state index in [-0.39, 0.29) is 39.3 Å². The summed E-state index contributed by atoms with van der Waals surface area (Å²) in [4.78, 5) is 8.24. The number of para-hydroxylation sites is 1. The van der Waals surface area contributed by atoms with E-state index in [1.807, 2.05) is 0 Å². The quantitative estimate of drug-likeness (QED) is 0.163. The van der Waals surface area contributed by atoms with Gasteiger partial charge in [0.15, 0.2) is 0 Å². The summed E-state index contributed by atoms with van der Waals surface area (Å²) in [5.41, 5.74) is 24.8. The zero-order valence-electron chi connectivity index (χ0n) is 46.0. The zero-order chi connectivity index (χ0) is 50.9. The summed E-state index contributed by atoms with van der Waals surface area (Å²) in [6.07, 6.45) is 4.81. The lowest BCUT2D eigenvalue weighted by Crippen LogP contribution is -2.67. The van der Waals surface area contributed by atoms with E-state index in [1.165, 1.54) is 126 Å². The first kappa shape index (κ1) is 47.0. The molecule has 0 radical (unpaired) electrons. The van der Waals surface area contributed by atoms with Gasteiger partial charge in [-0.15, -0.1) is 0 Å². The molecule has 4 heterocycles. The summed E-state index contributed by atoms with van der Waals surface area (Å²) >= 11 is 0. The number of nitrogens with zero attached hydrogens (tertiary/aromatic N) is 3. The summed E-state index contributed by atoms with van der Waals surface area (Å²) in [6, 6.07) is 55.8. The number of fused-ring (bicyclic) bond motifs is 3. The predicted molar refractivity (Wildman–Crippen MR) is 310 cm³/mol. The van der Waals surface area contributed by atoms with Crippen LogP contribution >= 0.6 is 0 Å². The molecule has 0 bridgehead atoms. The van der Waals surface area contributed by atoms with Gasteiger partial charge in [0.2, 0.25) is 0 Å². The van der Waals surface area contributed by atoms with Crippen LogP contribution in [0.4, 0.5) is 45.5 Å². The van der Waals surface area contributed by atoms with Gasteiger partial charge in [-0.3, -0.25) is 0 Å². The highest BCUT2D eigenvalue weighted by molar-refractivity contribution is 7.01. The van der Waals surface area contributed by atoms with Crippen molar-refractivity contribution in [3.8, 4) is 0 Å². The van der Waals surface area contributed by atoms with Crippen LogP contribution < -0.4 is 31.1 Å². The van der Waals surface area contributed by atoms with E-state index in [2.05, 4.69) is 258 Å². The van der Waals surface area contributed by atoms with Gasteiger partial charge in [-0.2, -0.15) is 0 Å².